The first-order valence-electron chi connectivity index (χ1n) is 4.53. The number of allylic oxidation sites excluding steroid dienone is 1. The standard InChI is InChI=1S/C10H18O2/c1-3-4-8-12-9-6-5-7-10(2)11/h6,9H,3-5,7-8H2,1-2H3/b9-6-. The van der Waals surface area contributed by atoms with Gasteiger partial charge in [0.1, 0.15) is 5.78 Å². The van der Waals surface area contributed by atoms with Crippen molar-refractivity contribution in [2.75, 3.05) is 6.61 Å². The van der Waals surface area contributed by atoms with Crippen LogP contribution in [0.2, 0.25) is 0 Å². The normalized spacial score (nSPS) is 10.5. The summed E-state index contributed by atoms with van der Waals surface area (Å²) in [7, 11) is 0. The van der Waals surface area contributed by atoms with Gasteiger partial charge in [-0.3, -0.25) is 0 Å². The van der Waals surface area contributed by atoms with E-state index in [1.54, 1.807) is 13.2 Å². The summed E-state index contributed by atoms with van der Waals surface area (Å²) in [6.07, 6.45) is 7.25. The summed E-state index contributed by atoms with van der Waals surface area (Å²) < 4.78 is 5.16. The fourth-order valence-corrected chi connectivity index (χ4v) is 0.718. The number of ether oxygens (including phenoxy) is 1. The zero-order chi connectivity index (χ0) is 9.23. The molecule has 0 spiro atoms. The van der Waals surface area contributed by atoms with Crippen LogP contribution in [0, 0.1) is 0 Å². The van der Waals surface area contributed by atoms with E-state index in [2.05, 4.69) is 6.92 Å². The Hall–Kier alpha value is -0.790. The van der Waals surface area contributed by atoms with Gasteiger partial charge in [-0.05, 0) is 25.8 Å². The fraction of sp³-hybridized carbons (Fsp3) is 0.700. The van der Waals surface area contributed by atoms with E-state index < -0.39 is 0 Å². The Balaban J connectivity index is 3.09. The number of ketones is 1. The van der Waals surface area contributed by atoms with Gasteiger partial charge in [0, 0.05) is 6.42 Å². The topological polar surface area (TPSA) is 26.3 Å². The summed E-state index contributed by atoms with van der Waals surface area (Å²) >= 11 is 0. The van der Waals surface area contributed by atoms with Crippen LogP contribution >= 0.6 is 0 Å². The van der Waals surface area contributed by atoms with Crippen LogP contribution in [-0.4, -0.2) is 12.4 Å². The Morgan fingerprint density at radius 2 is 2.25 bits per heavy atom. The molecule has 12 heavy (non-hydrogen) atoms. The number of carbonyl (C=O) groups excluding carboxylic acids is 1. The first kappa shape index (κ1) is 11.2. The highest BCUT2D eigenvalue weighted by molar-refractivity contribution is 5.75. The first-order chi connectivity index (χ1) is 5.77. The van der Waals surface area contributed by atoms with Crippen LogP contribution < -0.4 is 0 Å². The van der Waals surface area contributed by atoms with Crippen LogP contribution in [0.3, 0.4) is 0 Å². The number of carbonyl (C=O) groups is 1. The van der Waals surface area contributed by atoms with Gasteiger partial charge in [-0.1, -0.05) is 13.3 Å². The van der Waals surface area contributed by atoms with Crippen molar-refractivity contribution in [2.24, 2.45) is 0 Å². The second kappa shape index (κ2) is 8.31. The van der Waals surface area contributed by atoms with Crippen molar-refractivity contribution < 1.29 is 9.53 Å². The van der Waals surface area contributed by atoms with E-state index >= 15 is 0 Å². The average Bonchev–Trinajstić information content (AvgIpc) is 2.02. The molecule has 0 radical (unpaired) electrons. The van der Waals surface area contributed by atoms with E-state index in [1.807, 2.05) is 6.08 Å². The summed E-state index contributed by atoms with van der Waals surface area (Å²) in [6.45, 7) is 4.52. The summed E-state index contributed by atoms with van der Waals surface area (Å²) in [6, 6.07) is 0. The van der Waals surface area contributed by atoms with Crippen LogP contribution in [0.5, 0.6) is 0 Å². The van der Waals surface area contributed by atoms with Crippen molar-refractivity contribution >= 4 is 5.78 Å². The zero-order valence-corrected chi connectivity index (χ0v) is 8.01. The van der Waals surface area contributed by atoms with E-state index in [1.165, 1.54) is 0 Å². The van der Waals surface area contributed by atoms with Gasteiger partial charge in [0.15, 0.2) is 0 Å². The highest BCUT2D eigenvalue weighted by atomic mass is 16.5. The predicted octanol–water partition coefficient (Wildman–Crippen LogP) is 2.69. The average molecular weight is 170 g/mol. The fourth-order valence-electron chi connectivity index (χ4n) is 0.718. The number of Topliss-reactive ketones (excluding diaryl/α,β-unsaturated/α-hetero) is 1. The van der Waals surface area contributed by atoms with Gasteiger partial charge in [0.25, 0.3) is 0 Å². The first-order valence-corrected chi connectivity index (χ1v) is 4.53. The molecule has 70 valence electrons. The Morgan fingerprint density at radius 1 is 1.50 bits per heavy atom. The largest absolute Gasteiger partial charge is 0.502 e. The summed E-state index contributed by atoms with van der Waals surface area (Å²) in [5.41, 5.74) is 0. The van der Waals surface area contributed by atoms with Crippen molar-refractivity contribution in [3.8, 4) is 0 Å². The number of hydrogen-bond donors (Lipinski definition) is 0. The molecule has 0 bridgehead atoms. The minimum absolute atomic E-state index is 0.230. The molecule has 2 nitrogen and oxygen atoms in total. The number of rotatable bonds is 7. The van der Waals surface area contributed by atoms with Crippen LogP contribution in [-0.2, 0) is 9.53 Å². The van der Waals surface area contributed by atoms with Gasteiger partial charge < -0.3 is 9.53 Å². The van der Waals surface area contributed by atoms with E-state index in [4.69, 9.17) is 4.74 Å². The van der Waals surface area contributed by atoms with Crippen LogP contribution in [0.25, 0.3) is 0 Å². The lowest BCUT2D eigenvalue weighted by Gasteiger charge is -1.96. The lowest BCUT2D eigenvalue weighted by atomic mass is 10.2. The van der Waals surface area contributed by atoms with Gasteiger partial charge in [-0.2, -0.15) is 0 Å². The van der Waals surface area contributed by atoms with Crippen molar-refractivity contribution in [1.82, 2.24) is 0 Å². The molecule has 0 aliphatic carbocycles. The monoisotopic (exact) mass is 170 g/mol. The van der Waals surface area contributed by atoms with E-state index in [0.29, 0.717) is 6.42 Å². The van der Waals surface area contributed by atoms with Crippen LogP contribution in [0.1, 0.15) is 39.5 Å². The minimum Gasteiger partial charge on any atom is -0.502 e. The summed E-state index contributed by atoms with van der Waals surface area (Å²) in [5.74, 6) is 0.230. The maximum Gasteiger partial charge on any atom is 0.130 e. The number of unbranched alkanes of at least 4 members (excludes halogenated alkanes) is 1. The van der Waals surface area contributed by atoms with Gasteiger partial charge >= 0.3 is 0 Å². The quantitative estimate of drug-likeness (QED) is 0.433. The molecule has 0 heterocycles. The SMILES string of the molecule is CCCCO/C=C\CCC(C)=O. The predicted molar refractivity (Wildman–Crippen MR) is 49.9 cm³/mol. The van der Waals surface area contributed by atoms with Crippen molar-refractivity contribution in [3.05, 3.63) is 12.3 Å². The molecule has 0 aliphatic rings. The maximum absolute atomic E-state index is 10.5. The highest BCUT2D eigenvalue weighted by Gasteiger charge is 1.88. The molecule has 0 aromatic heterocycles. The molecule has 0 aliphatic heterocycles. The molecule has 0 saturated carbocycles. The number of hydrogen-bond acceptors (Lipinski definition) is 2. The highest BCUT2D eigenvalue weighted by Crippen LogP contribution is 1.93. The van der Waals surface area contributed by atoms with Crippen molar-refractivity contribution in [3.63, 3.8) is 0 Å². The Labute approximate surface area is 74.6 Å². The van der Waals surface area contributed by atoms with E-state index in [0.717, 1.165) is 25.9 Å². The summed E-state index contributed by atoms with van der Waals surface area (Å²) in [4.78, 5) is 10.5. The molecular weight excluding hydrogens is 152 g/mol. The lowest BCUT2D eigenvalue weighted by molar-refractivity contribution is -0.116. The van der Waals surface area contributed by atoms with E-state index in [-0.39, 0.29) is 5.78 Å². The molecule has 0 rings (SSSR count). The van der Waals surface area contributed by atoms with Gasteiger partial charge in [-0.15, -0.1) is 0 Å². The Kier molecular flexibility index (Phi) is 7.76. The minimum atomic E-state index is 0.230. The third-order valence-corrected chi connectivity index (χ3v) is 1.47. The van der Waals surface area contributed by atoms with Crippen LogP contribution in [0.15, 0.2) is 12.3 Å². The molecule has 0 atom stereocenters. The molecule has 2 heteroatoms. The Morgan fingerprint density at radius 3 is 2.83 bits per heavy atom. The third kappa shape index (κ3) is 9.21. The van der Waals surface area contributed by atoms with Gasteiger partial charge in [0.2, 0.25) is 0 Å². The van der Waals surface area contributed by atoms with Crippen LogP contribution in [0.4, 0.5) is 0 Å². The molecule has 0 unspecified atom stereocenters. The smallest absolute Gasteiger partial charge is 0.130 e. The maximum atomic E-state index is 10.5. The molecule has 0 N–H and O–H groups in total. The Bertz CT molecular complexity index is 139. The second-order valence-electron chi connectivity index (χ2n) is 2.84. The molecule has 0 aromatic rings. The van der Waals surface area contributed by atoms with Crippen molar-refractivity contribution in [1.29, 1.82) is 0 Å². The third-order valence-electron chi connectivity index (χ3n) is 1.47. The van der Waals surface area contributed by atoms with E-state index in [9.17, 15) is 4.79 Å². The van der Waals surface area contributed by atoms with Crippen molar-refractivity contribution in [2.45, 2.75) is 39.5 Å². The molecule has 0 aromatic carbocycles. The molecule has 0 amide bonds. The molecule has 0 fully saturated rings. The molecular formula is C10H18O2. The molecule has 0 saturated heterocycles. The van der Waals surface area contributed by atoms with Gasteiger partial charge in [0.05, 0.1) is 12.9 Å². The van der Waals surface area contributed by atoms with Gasteiger partial charge in [-0.25, -0.2) is 0 Å². The second-order valence-corrected chi connectivity index (χ2v) is 2.84. The zero-order valence-electron chi connectivity index (χ0n) is 8.01. The lowest BCUT2D eigenvalue weighted by Crippen LogP contribution is -1.88. The summed E-state index contributed by atoms with van der Waals surface area (Å²) in [5, 5.41) is 0.